The minimum atomic E-state index is 0.771. The molecule has 0 aromatic heterocycles. The standard InChI is InChI=1S/C11H17NO/c1-3-7-13-10-5-6-11(12)9(4-2)8-10/h5-6,8H,3-4,7,12H2,1-2H3. The van der Waals surface area contributed by atoms with Crippen LogP contribution in [0.2, 0.25) is 0 Å². The smallest absolute Gasteiger partial charge is 0.119 e. The first kappa shape index (κ1) is 9.90. The summed E-state index contributed by atoms with van der Waals surface area (Å²) in [5, 5.41) is 0. The molecule has 0 unspecified atom stereocenters. The van der Waals surface area contributed by atoms with Gasteiger partial charge in [0.1, 0.15) is 5.75 Å². The minimum Gasteiger partial charge on any atom is -0.494 e. The highest BCUT2D eigenvalue weighted by molar-refractivity contribution is 5.50. The molecule has 0 aliphatic carbocycles. The molecule has 0 bridgehead atoms. The molecule has 13 heavy (non-hydrogen) atoms. The minimum absolute atomic E-state index is 0.771. The fourth-order valence-corrected chi connectivity index (χ4v) is 1.20. The van der Waals surface area contributed by atoms with Crippen LogP contribution < -0.4 is 10.5 Å². The van der Waals surface area contributed by atoms with Gasteiger partial charge in [-0.05, 0) is 36.6 Å². The van der Waals surface area contributed by atoms with Gasteiger partial charge in [0, 0.05) is 5.69 Å². The lowest BCUT2D eigenvalue weighted by Gasteiger charge is -2.07. The number of anilines is 1. The first-order chi connectivity index (χ1) is 6.27. The van der Waals surface area contributed by atoms with Gasteiger partial charge in [0.2, 0.25) is 0 Å². The second kappa shape index (κ2) is 4.75. The van der Waals surface area contributed by atoms with Crippen LogP contribution in [0.5, 0.6) is 5.75 Å². The summed E-state index contributed by atoms with van der Waals surface area (Å²) in [5.74, 6) is 0.924. The number of aryl methyl sites for hydroxylation is 1. The molecular formula is C11H17NO. The molecule has 2 nitrogen and oxygen atoms in total. The fourth-order valence-electron chi connectivity index (χ4n) is 1.20. The Kier molecular flexibility index (Phi) is 3.62. The Hall–Kier alpha value is -1.18. The van der Waals surface area contributed by atoms with E-state index in [0.29, 0.717) is 0 Å². The lowest BCUT2D eigenvalue weighted by molar-refractivity contribution is 0.317. The van der Waals surface area contributed by atoms with Crippen molar-refractivity contribution in [2.24, 2.45) is 0 Å². The van der Waals surface area contributed by atoms with Gasteiger partial charge in [0.15, 0.2) is 0 Å². The zero-order chi connectivity index (χ0) is 9.68. The maximum atomic E-state index is 5.77. The van der Waals surface area contributed by atoms with Crippen molar-refractivity contribution in [3.8, 4) is 5.75 Å². The van der Waals surface area contributed by atoms with Crippen molar-refractivity contribution in [2.75, 3.05) is 12.3 Å². The Morgan fingerprint density at radius 2 is 2.08 bits per heavy atom. The summed E-state index contributed by atoms with van der Waals surface area (Å²) in [5.41, 5.74) is 7.79. The van der Waals surface area contributed by atoms with E-state index in [9.17, 15) is 0 Å². The first-order valence-electron chi connectivity index (χ1n) is 4.79. The number of nitrogen functional groups attached to an aromatic ring is 1. The Morgan fingerprint density at radius 1 is 1.31 bits per heavy atom. The highest BCUT2D eigenvalue weighted by atomic mass is 16.5. The molecule has 0 saturated heterocycles. The summed E-state index contributed by atoms with van der Waals surface area (Å²) in [6, 6.07) is 5.85. The quantitative estimate of drug-likeness (QED) is 0.721. The van der Waals surface area contributed by atoms with E-state index in [-0.39, 0.29) is 0 Å². The average molecular weight is 179 g/mol. The largest absolute Gasteiger partial charge is 0.494 e. The number of hydrogen-bond donors (Lipinski definition) is 1. The van der Waals surface area contributed by atoms with Gasteiger partial charge in [0.05, 0.1) is 6.61 Å². The first-order valence-corrected chi connectivity index (χ1v) is 4.79. The maximum Gasteiger partial charge on any atom is 0.119 e. The molecule has 1 aromatic carbocycles. The van der Waals surface area contributed by atoms with Crippen molar-refractivity contribution in [3.63, 3.8) is 0 Å². The molecular weight excluding hydrogens is 162 g/mol. The van der Waals surface area contributed by atoms with Gasteiger partial charge in [-0.3, -0.25) is 0 Å². The topological polar surface area (TPSA) is 35.2 Å². The molecule has 0 atom stereocenters. The van der Waals surface area contributed by atoms with Gasteiger partial charge in [-0.1, -0.05) is 13.8 Å². The lowest BCUT2D eigenvalue weighted by atomic mass is 10.1. The highest BCUT2D eigenvalue weighted by Crippen LogP contribution is 2.20. The third-order valence-corrected chi connectivity index (χ3v) is 1.97. The highest BCUT2D eigenvalue weighted by Gasteiger charge is 1.99. The van der Waals surface area contributed by atoms with Crippen LogP contribution in [0.4, 0.5) is 5.69 Å². The predicted octanol–water partition coefficient (Wildman–Crippen LogP) is 2.62. The molecule has 0 heterocycles. The van der Waals surface area contributed by atoms with E-state index in [1.165, 1.54) is 0 Å². The zero-order valence-corrected chi connectivity index (χ0v) is 8.34. The molecule has 2 heteroatoms. The average Bonchev–Trinajstić information content (AvgIpc) is 2.16. The Morgan fingerprint density at radius 3 is 2.69 bits per heavy atom. The second-order valence-electron chi connectivity index (χ2n) is 3.06. The normalized spacial score (nSPS) is 10.0. The number of hydrogen-bond acceptors (Lipinski definition) is 2. The molecule has 72 valence electrons. The van der Waals surface area contributed by atoms with Crippen molar-refractivity contribution in [1.29, 1.82) is 0 Å². The third-order valence-electron chi connectivity index (χ3n) is 1.97. The number of ether oxygens (including phenoxy) is 1. The Bertz CT molecular complexity index is 271. The summed E-state index contributed by atoms with van der Waals surface area (Å²) in [7, 11) is 0. The van der Waals surface area contributed by atoms with Crippen LogP contribution >= 0.6 is 0 Å². The van der Waals surface area contributed by atoms with Crippen LogP contribution in [-0.2, 0) is 6.42 Å². The van der Waals surface area contributed by atoms with Crippen LogP contribution in [0.1, 0.15) is 25.8 Å². The van der Waals surface area contributed by atoms with Crippen molar-refractivity contribution in [3.05, 3.63) is 23.8 Å². The summed E-state index contributed by atoms with van der Waals surface area (Å²) in [6.45, 7) is 4.96. The summed E-state index contributed by atoms with van der Waals surface area (Å²) in [6.07, 6.45) is 1.99. The van der Waals surface area contributed by atoms with Gasteiger partial charge in [-0.25, -0.2) is 0 Å². The summed E-state index contributed by atoms with van der Waals surface area (Å²) >= 11 is 0. The molecule has 0 aliphatic heterocycles. The molecule has 2 N–H and O–H groups in total. The van der Waals surface area contributed by atoms with E-state index in [0.717, 1.165) is 36.4 Å². The van der Waals surface area contributed by atoms with Gasteiger partial charge < -0.3 is 10.5 Å². The van der Waals surface area contributed by atoms with E-state index < -0.39 is 0 Å². The molecule has 0 amide bonds. The van der Waals surface area contributed by atoms with E-state index in [1.807, 2.05) is 18.2 Å². The number of nitrogens with two attached hydrogens (primary N) is 1. The second-order valence-corrected chi connectivity index (χ2v) is 3.06. The van der Waals surface area contributed by atoms with Gasteiger partial charge in [-0.2, -0.15) is 0 Å². The number of rotatable bonds is 4. The van der Waals surface area contributed by atoms with Crippen LogP contribution in [0, 0.1) is 0 Å². The van der Waals surface area contributed by atoms with E-state index >= 15 is 0 Å². The Balaban J connectivity index is 2.74. The van der Waals surface area contributed by atoms with E-state index in [1.54, 1.807) is 0 Å². The molecule has 0 aliphatic rings. The van der Waals surface area contributed by atoms with E-state index in [2.05, 4.69) is 13.8 Å². The van der Waals surface area contributed by atoms with E-state index in [4.69, 9.17) is 10.5 Å². The van der Waals surface area contributed by atoms with Crippen molar-refractivity contribution in [2.45, 2.75) is 26.7 Å². The predicted molar refractivity (Wildman–Crippen MR) is 56.0 cm³/mol. The molecule has 1 aromatic rings. The summed E-state index contributed by atoms with van der Waals surface area (Å²) < 4.78 is 5.50. The SMILES string of the molecule is CCCOc1ccc(N)c(CC)c1. The van der Waals surface area contributed by atoms with Crippen molar-refractivity contribution in [1.82, 2.24) is 0 Å². The van der Waals surface area contributed by atoms with Crippen LogP contribution in [0.25, 0.3) is 0 Å². The Labute approximate surface area is 79.7 Å². The molecule has 0 radical (unpaired) electrons. The monoisotopic (exact) mass is 179 g/mol. The van der Waals surface area contributed by atoms with Crippen LogP contribution in [0.15, 0.2) is 18.2 Å². The van der Waals surface area contributed by atoms with Gasteiger partial charge >= 0.3 is 0 Å². The van der Waals surface area contributed by atoms with Crippen molar-refractivity contribution < 1.29 is 4.74 Å². The maximum absolute atomic E-state index is 5.77. The van der Waals surface area contributed by atoms with Crippen LogP contribution in [0.3, 0.4) is 0 Å². The van der Waals surface area contributed by atoms with Crippen molar-refractivity contribution >= 4 is 5.69 Å². The fraction of sp³-hybridized carbons (Fsp3) is 0.455. The molecule has 0 spiro atoms. The zero-order valence-electron chi connectivity index (χ0n) is 8.34. The molecule has 0 fully saturated rings. The lowest BCUT2D eigenvalue weighted by Crippen LogP contribution is -1.98. The molecule has 1 rings (SSSR count). The third kappa shape index (κ3) is 2.65. The van der Waals surface area contributed by atoms with Crippen LogP contribution in [-0.4, -0.2) is 6.61 Å². The molecule has 0 saturated carbocycles. The summed E-state index contributed by atoms with van der Waals surface area (Å²) in [4.78, 5) is 0. The van der Waals surface area contributed by atoms with Gasteiger partial charge in [0.25, 0.3) is 0 Å². The number of benzene rings is 1. The van der Waals surface area contributed by atoms with Gasteiger partial charge in [-0.15, -0.1) is 0 Å².